The van der Waals surface area contributed by atoms with E-state index in [2.05, 4.69) is 34.9 Å². The molecule has 0 unspecified atom stereocenters. The Kier molecular flexibility index (Phi) is 5.17. The molecule has 0 saturated carbocycles. The molecule has 1 N–H and O–H groups in total. The summed E-state index contributed by atoms with van der Waals surface area (Å²) in [7, 11) is 0. The van der Waals surface area contributed by atoms with Crippen LogP contribution in [0.4, 0.5) is 5.82 Å². The summed E-state index contributed by atoms with van der Waals surface area (Å²) in [5.41, 5.74) is 4.28. The van der Waals surface area contributed by atoms with E-state index < -0.39 is 0 Å². The summed E-state index contributed by atoms with van der Waals surface area (Å²) in [6.07, 6.45) is 5.69. The van der Waals surface area contributed by atoms with Crippen molar-refractivity contribution in [3.63, 3.8) is 0 Å². The largest absolute Gasteiger partial charge is 0.423 e. The molecule has 1 fully saturated rings. The van der Waals surface area contributed by atoms with Crippen LogP contribution >= 0.6 is 0 Å². The van der Waals surface area contributed by atoms with Crippen molar-refractivity contribution in [3.8, 4) is 11.5 Å². The molecule has 5 heterocycles. The third kappa shape index (κ3) is 4.04. The van der Waals surface area contributed by atoms with E-state index in [9.17, 15) is 4.79 Å². The lowest BCUT2D eigenvalue weighted by Crippen LogP contribution is -2.46. The van der Waals surface area contributed by atoms with Crippen LogP contribution in [0.2, 0.25) is 0 Å². The Bertz CT molecular complexity index is 1230. The standard InChI is InChI=1S/C22H23N7O2/c1-2-16-10-18-19(26-21(16)30)9-15(11-23-18)13-28-5-7-29(8-6-28)20-4-3-17(12-24-20)22-27-25-14-31-22/h3-4,9-12,14H,2,5-8,13H2,1H3,(H,26,30). The van der Waals surface area contributed by atoms with Gasteiger partial charge in [0.1, 0.15) is 5.82 Å². The zero-order chi connectivity index (χ0) is 21.2. The maximum atomic E-state index is 12.1. The summed E-state index contributed by atoms with van der Waals surface area (Å²) in [5.74, 6) is 1.42. The topological polar surface area (TPSA) is 104 Å². The molecule has 4 aromatic rings. The SMILES string of the molecule is CCc1cc2ncc(CN3CCN(c4ccc(-c5nnco5)cn4)CC3)cc2[nH]c1=O. The molecule has 0 bridgehead atoms. The lowest BCUT2D eigenvalue weighted by Gasteiger charge is -2.35. The Balaban J connectivity index is 1.22. The van der Waals surface area contributed by atoms with Crippen molar-refractivity contribution in [3.05, 3.63) is 64.5 Å². The molecule has 9 heteroatoms. The van der Waals surface area contributed by atoms with E-state index in [1.807, 2.05) is 37.4 Å². The number of piperazine rings is 1. The first-order chi connectivity index (χ1) is 15.2. The molecule has 31 heavy (non-hydrogen) atoms. The highest BCUT2D eigenvalue weighted by Crippen LogP contribution is 2.20. The van der Waals surface area contributed by atoms with E-state index in [0.717, 1.165) is 66.3 Å². The van der Waals surface area contributed by atoms with Crippen LogP contribution in [0.3, 0.4) is 0 Å². The minimum atomic E-state index is -0.0276. The summed E-state index contributed by atoms with van der Waals surface area (Å²) in [5, 5.41) is 7.61. The highest BCUT2D eigenvalue weighted by Gasteiger charge is 2.19. The van der Waals surface area contributed by atoms with Gasteiger partial charge in [-0.1, -0.05) is 6.92 Å². The average Bonchev–Trinajstić information content (AvgIpc) is 3.34. The summed E-state index contributed by atoms with van der Waals surface area (Å²) < 4.78 is 5.21. The number of hydrogen-bond donors (Lipinski definition) is 1. The van der Waals surface area contributed by atoms with Crippen LogP contribution in [0.5, 0.6) is 0 Å². The number of aromatic nitrogens is 5. The Hall–Kier alpha value is -3.59. The van der Waals surface area contributed by atoms with E-state index in [0.29, 0.717) is 12.3 Å². The first kappa shape index (κ1) is 19.4. The second-order valence-electron chi connectivity index (χ2n) is 7.67. The molecule has 4 aromatic heterocycles. The molecule has 1 saturated heterocycles. The van der Waals surface area contributed by atoms with Gasteiger partial charge in [-0.05, 0) is 36.2 Å². The molecular weight excluding hydrogens is 394 g/mol. The number of pyridine rings is 3. The number of anilines is 1. The molecule has 0 atom stereocenters. The van der Waals surface area contributed by atoms with E-state index >= 15 is 0 Å². The molecule has 0 radical (unpaired) electrons. The Morgan fingerprint density at radius 1 is 1.10 bits per heavy atom. The predicted molar refractivity (Wildman–Crippen MR) is 117 cm³/mol. The number of H-pyrrole nitrogens is 1. The van der Waals surface area contributed by atoms with Crippen LogP contribution in [0.1, 0.15) is 18.1 Å². The quantitative estimate of drug-likeness (QED) is 0.527. The van der Waals surface area contributed by atoms with Gasteiger partial charge >= 0.3 is 0 Å². The molecule has 0 aliphatic carbocycles. The van der Waals surface area contributed by atoms with Crippen LogP contribution in [0, 0.1) is 0 Å². The summed E-state index contributed by atoms with van der Waals surface area (Å²) in [6.45, 7) is 6.42. The molecule has 5 rings (SSSR count). The molecule has 9 nitrogen and oxygen atoms in total. The Labute approximate surface area is 178 Å². The number of nitrogens with one attached hydrogen (secondary N) is 1. The number of aryl methyl sites for hydroxylation is 1. The van der Waals surface area contributed by atoms with Gasteiger partial charge < -0.3 is 14.3 Å². The van der Waals surface area contributed by atoms with Gasteiger partial charge in [0, 0.05) is 50.7 Å². The van der Waals surface area contributed by atoms with Gasteiger partial charge in [0.2, 0.25) is 12.3 Å². The highest BCUT2D eigenvalue weighted by molar-refractivity contribution is 5.74. The first-order valence-corrected chi connectivity index (χ1v) is 10.4. The van der Waals surface area contributed by atoms with Crippen molar-refractivity contribution in [2.45, 2.75) is 19.9 Å². The molecule has 1 aliphatic heterocycles. The van der Waals surface area contributed by atoms with E-state index in [1.54, 1.807) is 6.20 Å². The van der Waals surface area contributed by atoms with Crippen LogP contribution < -0.4 is 10.5 Å². The lowest BCUT2D eigenvalue weighted by molar-refractivity contribution is 0.249. The summed E-state index contributed by atoms with van der Waals surface area (Å²) >= 11 is 0. The van der Waals surface area contributed by atoms with Crippen molar-refractivity contribution in [1.29, 1.82) is 0 Å². The van der Waals surface area contributed by atoms with Crippen LogP contribution in [-0.4, -0.2) is 56.2 Å². The maximum Gasteiger partial charge on any atom is 0.251 e. The highest BCUT2D eigenvalue weighted by atomic mass is 16.4. The Morgan fingerprint density at radius 2 is 1.97 bits per heavy atom. The molecule has 0 amide bonds. The van der Waals surface area contributed by atoms with Crippen molar-refractivity contribution in [1.82, 2.24) is 30.0 Å². The first-order valence-electron chi connectivity index (χ1n) is 10.4. The van der Waals surface area contributed by atoms with Crippen molar-refractivity contribution in [2.24, 2.45) is 0 Å². The van der Waals surface area contributed by atoms with E-state index in [4.69, 9.17) is 4.42 Å². The molecule has 0 aromatic carbocycles. The van der Waals surface area contributed by atoms with E-state index in [-0.39, 0.29) is 5.56 Å². The van der Waals surface area contributed by atoms with Crippen molar-refractivity contribution < 1.29 is 4.42 Å². The normalized spacial score (nSPS) is 14.9. The minimum absolute atomic E-state index is 0.0276. The predicted octanol–water partition coefficient (Wildman–Crippen LogP) is 2.25. The van der Waals surface area contributed by atoms with Gasteiger partial charge in [-0.15, -0.1) is 10.2 Å². The van der Waals surface area contributed by atoms with Gasteiger partial charge in [-0.2, -0.15) is 0 Å². The van der Waals surface area contributed by atoms with Crippen molar-refractivity contribution >= 4 is 16.9 Å². The second-order valence-corrected chi connectivity index (χ2v) is 7.67. The summed E-state index contributed by atoms with van der Waals surface area (Å²) in [4.78, 5) is 28.9. The third-order valence-corrected chi connectivity index (χ3v) is 5.66. The minimum Gasteiger partial charge on any atom is -0.423 e. The van der Waals surface area contributed by atoms with Gasteiger partial charge in [0.05, 0.1) is 16.6 Å². The zero-order valence-corrected chi connectivity index (χ0v) is 17.3. The average molecular weight is 417 g/mol. The third-order valence-electron chi connectivity index (χ3n) is 5.66. The molecule has 158 valence electrons. The summed E-state index contributed by atoms with van der Waals surface area (Å²) in [6, 6.07) is 7.86. The number of fused-ring (bicyclic) bond motifs is 1. The molecule has 0 spiro atoms. The second kappa shape index (κ2) is 8.27. The van der Waals surface area contributed by atoms with Crippen LogP contribution in [0.15, 0.2) is 52.3 Å². The Morgan fingerprint density at radius 3 is 2.68 bits per heavy atom. The number of aromatic amines is 1. The zero-order valence-electron chi connectivity index (χ0n) is 17.3. The maximum absolute atomic E-state index is 12.1. The van der Waals surface area contributed by atoms with Crippen molar-refractivity contribution in [2.75, 3.05) is 31.1 Å². The fourth-order valence-corrected chi connectivity index (χ4v) is 3.91. The van der Waals surface area contributed by atoms with Gasteiger partial charge in [-0.25, -0.2) is 4.98 Å². The van der Waals surface area contributed by atoms with Crippen LogP contribution in [-0.2, 0) is 13.0 Å². The monoisotopic (exact) mass is 417 g/mol. The number of nitrogens with zero attached hydrogens (tertiary/aromatic N) is 6. The van der Waals surface area contributed by atoms with E-state index in [1.165, 1.54) is 6.39 Å². The lowest BCUT2D eigenvalue weighted by atomic mass is 10.1. The fourth-order valence-electron chi connectivity index (χ4n) is 3.91. The van der Waals surface area contributed by atoms with Gasteiger partial charge in [0.25, 0.3) is 5.56 Å². The number of rotatable bonds is 5. The fraction of sp³-hybridized carbons (Fsp3) is 0.318. The van der Waals surface area contributed by atoms with Crippen LogP contribution in [0.25, 0.3) is 22.5 Å². The molecule has 1 aliphatic rings. The smallest absolute Gasteiger partial charge is 0.251 e. The van der Waals surface area contributed by atoms with Gasteiger partial charge in [-0.3, -0.25) is 14.7 Å². The molecular formula is C22H23N7O2. The van der Waals surface area contributed by atoms with Gasteiger partial charge in [0.15, 0.2) is 0 Å². The number of hydrogen-bond acceptors (Lipinski definition) is 8.